The van der Waals surface area contributed by atoms with Crippen molar-refractivity contribution >= 4 is 29.2 Å². The van der Waals surface area contributed by atoms with Crippen molar-refractivity contribution in [2.75, 3.05) is 17.3 Å². The predicted molar refractivity (Wildman–Crippen MR) is 73.5 cm³/mol. The summed E-state index contributed by atoms with van der Waals surface area (Å²) >= 11 is 5.91. The molecule has 0 aliphatic heterocycles. The highest BCUT2D eigenvalue weighted by Gasteiger charge is 2.11. The van der Waals surface area contributed by atoms with Crippen LogP contribution in [0.4, 0.5) is 22.0 Å². The van der Waals surface area contributed by atoms with Gasteiger partial charge in [0.15, 0.2) is 0 Å². The largest absolute Gasteiger partial charge is 0.464 e. The Balaban J connectivity index is 2.35. The Hall–Kier alpha value is -2.19. The highest BCUT2D eigenvalue weighted by molar-refractivity contribution is 6.33. The number of hydrogen-bond acceptors (Lipinski definition) is 7. The van der Waals surface area contributed by atoms with Crippen molar-refractivity contribution in [2.45, 2.75) is 6.92 Å². The van der Waals surface area contributed by atoms with Crippen LogP contribution in [0.15, 0.2) is 18.2 Å². The topological polar surface area (TPSA) is 98.0 Å². The van der Waals surface area contributed by atoms with Crippen LogP contribution < -0.4 is 21.3 Å². The van der Waals surface area contributed by atoms with Crippen LogP contribution in [0.25, 0.3) is 0 Å². The van der Waals surface area contributed by atoms with E-state index in [0.29, 0.717) is 6.61 Å². The number of hydrogen-bond donors (Lipinski definition) is 3. The molecule has 7 nitrogen and oxygen atoms in total. The first-order valence-electron chi connectivity index (χ1n) is 5.70. The monoisotopic (exact) mass is 298 g/mol. The second kappa shape index (κ2) is 6.31. The summed E-state index contributed by atoms with van der Waals surface area (Å²) in [4.78, 5) is 11.8. The van der Waals surface area contributed by atoms with Crippen LogP contribution in [0.1, 0.15) is 6.92 Å². The van der Waals surface area contributed by atoms with Crippen molar-refractivity contribution in [2.24, 2.45) is 5.84 Å². The normalized spacial score (nSPS) is 10.2. The van der Waals surface area contributed by atoms with E-state index in [-0.39, 0.29) is 28.6 Å². The van der Waals surface area contributed by atoms with Gasteiger partial charge in [-0.1, -0.05) is 17.7 Å². The molecule has 0 saturated heterocycles. The van der Waals surface area contributed by atoms with Gasteiger partial charge in [-0.15, -0.1) is 0 Å². The van der Waals surface area contributed by atoms with Crippen LogP contribution >= 0.6 is 11.6 Å². The zero-order valence-corrected chi connectivity index (χ0v) is 11.3. The quantitative estimate of drug-likeness (QED) is 0.574. The third kappa shape index (κ3) is 3.22. The number of rotatable bonds is 5. The van der Waals surface area contributed by atoms with Crippen LogP contribution in [-0.4, -0.2) is 21.6 Å². The molecule has 0 fully saturated rings. The van der Waals surface area contributed by atoms with Crippen LogP contribution in [0, 0.1) is 5.82 Å². The molecule has 0 spiro atoms. The van der Waals surface area contributed by atoms with Gasteiger partial charge in [0.2, 0.25) is 11.9 Å². The first-order chi connectivity index (χ1) is 9.63. The molecule has 1 aromatic heterocycles. The van der Waals surface area contributed by atoms with Crippen molar-refractivity contribution in [3.05, 3.63) is 29.0 Å². The maximum absolute atomic E-state index is 13.7. The Labute approximate surface area is 119 Å². The number of halogens is 2. The lowest BCUT2D eigenvalue weighted by atomic mass is 10.3. The molecule has 9 heteroatoms. The number of para-hydroxylation sites is 1. The SMILES string of the molecule is CCOc1nc(NN)nc(Nc2c(F)cccc2Cl)n1. The van der Waals surface area contributed by atoms with E-state index in [1.165, 1.54) is 12.1 Å². The van der Waals surface area contributed by atoms with E-state index in [9.17, 15) is 4.39 Å². The van der Waals surface area contributed by atoms with Gasteiger partial charge in [0.05, 0.1) is 17.3 Å². The van der Waals surface area contributed by atoms with Gasteiger partial charge in [0.25, 0.3) is 0 Å². The second-order valence-corrected chi connectivity index (χ2v) is 3.97. The predicted octanol–water partition coefficient (Wildman–Crippen LogP) is 2.09. The van der Waals surface area contributed by atoms with E-state index >= 15 is 0 Å². The number of aromatic nitrogens is 3. The summed E-state index contributed by atoms with van der Waals surface area (Å²) in [5, 5.41) is 2.87. The lowest BCUT2D eigenvalue weighted by Gasteiger charge is -2.10. The van der Waals surface area contributed by atoms with Gasteiger partial charge < -0.3 is 10.1 Å². The minimum absolute atomic E-state index is 0.0587. The van der Waals surface area contributed by atoms with E-state index in [2.05, 4.69) is 25.7 Å². The second-order valence-electron chi connectivity index (χ2n) is 3.56. The van der Waals surface area contributed by atoms with Crippen molar-refractivity contribution in [3.63, 3.8) is 0 Å². The van der Waals surface area contributed by atoms with Gasteiger partial charge in [-0.05, 0) is 19.1 Å². The Kier molecular flexibility index (Phi) is 4.49. The van der Waals surface area contributed by atoms with Crippen molar-refractivity contribution in [3.8, 4) is 6.01 Å². The molecule has 0 unspecified atom stereocenters. The molecular weight excluding hydrogens is 287 g/mol. The number of anilines is 3. The number of nitrogens with one attached hydrogen (secondary N) is 2. The van der Waals surface area contributed by atoms with Crippen molar-refractivity contribution in [1.29, 1.82) is 0 Å². The molecule has 1 aromatic carbocycles. The summed E-state index contributed by atoms with van der Waals surface area (Å²) in [7, 11) is 0. The average Bonchev–Trinajstić information content (AvgIpc) is 2.43. The molecule has 4 N–H and O–H groups in total. The van der Waals surface area contributed by atoms with Crippen LogP contribution in [0.5, 0.6) is 6.01 Å². The molecule has 2 aromatic rings. The average molecular weight is 299 g/mol. The number of nitrogens with two attached hydrogens (primary N) is 1. The van der Waals surface area contributed by atoms with Crippen molar-refractivity contribution < 1.29 is 9.13 Å². The lowest BCUT2D eigenvalue weighted by molar-refractivity contribution is 0.312. The summed E-state index contributed by atoms with van der Waals surface area (Å²) < 4.78 is 18.8. The highest BCUT2D eigenvalue weighted by atomic mass is 35.5. The number of benzene rings is 1. The summed E-state index contributed by atoms with van der Waals surface area (Å²) in [5.41, 5.74) is 2.33. The maximum atomic E-state index is 13.7. The van der Waals surface area contributed by atoms with Gasteiger partial charge in [-0.3, -0.25) is 5.43 Å². The fraction of sp³-hybridized carbons (Fsp3) is 0.182. The molecule has 0 aliphatic rings. The third-order valence-electron chi connectivity index (χ3n) is 2.22. The fourth-order valence-corrected chi connectivity index (χ4v) is 1.61. The summed E-state index contributed by atoms with van der Waals surface area (Å²) in [5.74, 6) is 4.86. The molecule has 2 rings (SSSR count). The fourth-order valence-electron chi connectivity index (χ4n) is 1.40. The Morgan fingerprint density at radius 2 is 2.05 bits per heavy atom. The van der Waals surface area contributed by atoms with Crippen molar-refractivity contribution in [1.82, 2.24) is 15.0 Å². The Bertz CT molecular complexity index is 591. The van der Waals surface area contributed by atoms with Crippen LogP contribution in [-0.2, 0) is 0 Å². The molecule has 0 atom stereocenters. The van der Waals surface area contributed by atoms with Crippen LogP contribution in [0.3, 0.4) is 0 Å². The minimum Gasteiger partial charge on any atom is -0.464 e. The van der Waals surface area contributed by atoms with Gasteiger partial charge in [-0.25, -0.2) is 10.2 Å². The molecule has 1 heterocycles. The van der Waals surface area contributed by atoms with E-state index in [0.717, 1.165) is 0 Å². The number of hydrazine groups is 1. The molecule has 20 heavy (non-hydrogen) atoms. The lowest BCUT2D eigenvalue weighted by Crippen LogP contribution is -2.13. The maximum Gasteiger partial charge on any atom is 0.323 e. The molecular formula is C11H12ClFN6O. The third-order valence-corrected chi connectivity index (χ3v) is 2.53. The van der Waals surface area contributed by atoms with Crippen LogP contribution in [0.2, 0.25) is 5.02 Å². The smallest absolute Gasteiger partial charge is 0.323 e. The van der Waals surface area contributed by atoms with E-state index in [1.54, 1.807) is 13.0 Å². The number of ether oxygens (including phenoxy) is 1. The molecule has 0 saturated carbocycles. The summed E-state index contributed by atoms with van der Waals surface area (Å²) in [6.07, 6.45) is 0. The first-order valence-corrected chi connectivity index (χ1v) is 6.08. The molecule has 0 amide bonds. The van der Waals surface area contributed by atoms with E-state index < -0.39 is 5.82 Å². The molecule has 0 radical (unpaired) electrons. The van der Waals surface area contributed by atoms with Gasteiger partial charge in [-0.2, -0.15) is 15.0 Å². The minimum atomic E-state index is -0.530. The Morgan fingerprint density at radius 3 is 2.70 bits per heavy atom. The molecule has 0 bridgehead atoms. The highest BCUT2D eigenvalue weighted by Crippen LogP contribution is 2.27. The standard InChI is InChI=1S/C11H12ClFN6O/c1-2-20-11-17-9(16-10(18-11)19-14)15-8-6(12)4-3-5-7(8)13/h3-5H,2,14H2,1H3,(H2,15,16,17,18,19). The summed E-state index contributed by atoms with van der Waals surface area (Å²) in [6, 6.07) is 4.36. The summed E-state index contributed by atoms with van der Waals surface area (Å²) in [6.45, 7) is 2.15. The van der Waals surface area contributed by atoms with Gasteiger partial charge in [0.1, 0.15) is 5.82 Å². The zero-order chi connectivity index (χ0) is 14.5. The van der Waals surface area contributed by atoms with Gasteiger partial charge >= 0.3 is 6.01 Å². The van der Waals surface area contributed by atoms with Gasteiger partial charge in [0, 0.05) is 0 Å². The first kappa shape index (κ1) is 14.2. The molecule has 0 aliphatic carbocycles. The van der Waals surface area contributed by atoms with E-state index in [1.807, 2.05) is 0 Å². The molecule has 106 valence electrons. The van der Waals surface area contributed by atoms with E-state index in [4.69, 9.17) is 22.2 Å². The zero-order valence-electron chi connectivity index (χ0n) is 10.5. The number of nitrogen functional groups attached to an aromatic ring is 1. The Morgan fingerprint density at radius 1 is 1.30 bits per heavy atom. The number of nitrogens with zero attached hydrogens (tertiary/aromatic N) is 3.